The highest BCUT2D eigenvalue weighted by Crippen LogP contribution is 2.24. The third kappa shape index (κ3) is 9.49. The van der Waals surface area contributed by atoms with E-state index in [2.05, 4.69) is 56.1 Å². The molecule has 1 aliphatic rings. The van der Waals surface area contributed by atoms with Gasteiger partial charge in [-0.05, 0) is 50.8 Å². The molecule has 1 aliphatic heterocycles. The lowest BCUT2D eigenvalue weighted by atomic mass is 9.99. The number of amides is 1. The highest BCUT2D eigenvalue weighted by atomic mass is 19.3. The first-order valence-corrected chi connectivity index (χ1v) is 15.5. The van der Waals surface area contributed by atoms with Gasteiger partial charge in [0.25, 0.3) is 17.4 Å². The van der Waals surface area contributed by atoms with E-state index in [1.807, 2.05) is 0 Å². The Kier molecular flexibility index (Phi) is 12.5. The fourth-order valence-corrected chi connectivity index (χ4v) is 5.48. The Morgan fingerprint density at radius 3 is 2.36 bits per heavy atom. The molecule has 1 atom stereocenters. The van der Waals surface area contributed by atoms with Crippen molar-refractivity contribution in [3.8, 4) is 11.6 Å². The van der Waals surface area contributed by atoms with Crippen LogP contribution in [0.5, 0.6) is 0 Å². The third-order valence-corrected chi connectivity index (χ3v) is 7.74. The normalized spacial score (nSPS) is 15.5. The Labute approximate surface area is 262 Å². The van der Waals surface area contributed by atoms with Gasteiger partial charge in [0.15, 0.2) is 11.6 Å². The number of ketones is 1. The molecule has 0 radical (unpaired) electrons. The molecule has 0 bridgehead atoms. The molecule has 246 valence electrons. The summed E-state index contributed by atoms with van der Waals surface area (Å²) in [5.41, 5.74) is 1.34. The molecule has 1 aromatic carbocycles. The van der Waals surface area contributed by atoms with Crippen LogP contribution in [0.25, 0.3) is 11.6 Å². The number of carbonyl (C=O) groups excluding carboxylic acids is 2. The number of aromatic nitrogens is 4. The van der Waals surface area contributed by atoms with Gasteiger partial charge in [-0.15, -0.1) is 10.2 Å². The van der Waals surface area contributed by atoms with Gasteiger partial charge in [0, 0.05) is 51.1 Å². The average molecular weight is 630 g/mol. The number of nitrogens with one attached hydrogen (secondary N) is 2. The first-order valence-electron chi connectivity index (χ1n) is 15.5. The van der Waals surface area contributed by atoms with Crippen LogP contribution in [0, 0.1) is 13.8 Å². The van der Waals surface area contributed by atoms with E-state index >= 15 is 0 Å². The summed E-state index contributed by atoms with van der Waals surface area (Å²) < 4.78 is 30.9. The number of piperazine rings is 1. The zero-order valence-corrected chi connectivity index (χ0v) is 27.2. The molecule has 3 heterocycles. The second kappa shape index (κ2) is 15.8. The van der Waals surface area contributed by atoms with E-state index < -0.39 is 11.8 Å². The Bertz CT molecular complexity index is 1500. The summed E-state index contributed by atoms with van der Waals surface area (Å²) in [4.78, 5) is 47.1. The quantitative estimate of drug-likeness (QED) is 0.253. The van der Waals surface area contributed by atoms with Crippen LogP contribution in [0.15, 0.2) is 33.6 Å². The lowest BCUT2D eigenvalue weighted by Crippen LogP contribution is -2.57. The molecule has 1 unspecified atom stereocenters. The number of alkyl halides is 2. The zero-order valence-electron chi connectivity index (χ0n) is 27.2. The van der Waals surface area contributed by atoms with Crippen molar-refractivity contribution in [3.63, 3.8) is 0 Å². The van der Waals surface area contributed by atoms with Gasteiger partial charge >= 0.3 is 5.92 Å². The van der Waals surface area contributed by atoms with E-state index in [-0.39, 0.29) is 28.5 Å². The number of aryl methyl sites for hydroxylation is 2. The summed E-state index contributed by atoms with van der Waals surface area (Å²) in [7, 11) is 0. The summed E-state index contributed by atoms with van der Waals surface area (Å²) in [5, 5.41) is 9.80. The number of aromatic amines is 1. The molecule has 0 aliphatic carbocycles. The lowest BCUT2D eigenvalue weighted by molar-refractivity contribution is -0.137. The topological polar surface area (TPSA) is 137 Å². The monoisotopic (exact) mass is 629 g/mol. The van der Waals surface area contributed by atoms with Crippen LogP contribution in [-0.2, 0) is 4.79 Å². The fourth-order valence-electron chi connectivity index (χ4n) is 5.48. The first-order chi connectivity index (χ1) is 21.3. The smallest absolute Gasteiger partial charge is 0.322 e. The largest absolute Gasteiger partial charge is 0.420 e. The molecule has 3 aromatic rings. The van der Waals surface area contributed by atoms with E-state index in [1.165, 1.54) is 44.7 Å². The number of benzene rings is 1. The van der Waals surface area contributed by atoms with Gasteiger partial charge in [-0.1, -0.05) is 39.7 Å². The minimum absolute atomic E-state index is 0.115. The number of H-pyrrole nitrogens is 1. The number of hydrogen-bond donors (Lipinski definition) is 2. The predicted molar refractivity (Wildman–Crippen MR) is 170 cm³/mol. The summed E-state index contributed by atoms with van der Waals surface area (Å²) in [6.45, 7) is 14.6. The van der Waals surface area contributed by atoms with Crippen molar-refractivity contribution in [2.45, 2.75) is 98.6 Å². The highest BCUT2D eigenvalue weighted by Gasteiger charge is 2.33. The van der Waals surface area contributed by atoms with Crippen molar-refractivity contribution in [2.75, 3.05) is 29.9 Å². The summed E-state index contributed by atoms with van der Waals surface area (Å²) in [5.74, 6) is -3.98. The summed E-state index contributed by atoms with van der Waals surface area (Å²) in [6, 6.07) is 5.74. The zero-order chi connectivity index (χ0) is 33.3. The van der Waals surface area contributed by atoms with Crippen molar-refractivity contribution in [2.24, 2.45) is 0 Å². The number of halogens is 2. The van der Waals surface area contributed by atoms with E-state index in [4.69, 9.17) is 4.42 Å². The van der Waals surface area contributed by atoms with Crippen molar-refractivity contribution in [3.05, 3.63) is 51.8 Å². The number of hydrogen-bond acceptors (Lipinski definition) is 9. The molecular weight excluding hydrogens is 584 g/mol. The second-order valence-corrected chi connectivity index (χ2v) is 11.5. The van der Waals surface area contributed by atoms with Crippen molar-refractivity contribution < 1.29 is 22.8 Å². The van der Waals surface area contributed by atoms with Crippen LogP contribution in [0.2, 0.25) is 0 Å². The van der Waals surface area contributed by atoms with Crippen LogP contribution in [0.1, 0.15) is 88.5 Å². The number of nitrogens with zero attached hydrogens (tertiary/aromatic N) is 5. The van der Waals surface area contributed by atoms with Gasteiger partial charge in [0.1, 0.15) is 5.69 Å². The number of anilines is 2. The first kappa shape index (κ1) is 35.5. The molecule has 4 rings (SSSR count). The number of Topliss-reactive ketones (excluding diaryl/α,β-unsaturated/α-hetero) is 1. The van der Waals surface area contributed by atoms with Crippen LogP contribution < -0.4 is 15.8 Å². The number of rotatable bonds is 11. The predicted octanol–water partition coefficient (Wildman–Crippen LogP) is 5.79. The molecule has 2 aromatic heterocycles. The van der Waals surface area contributed by atoms with Crippen molar-refractivity contribution >= 4 is 23.2 Å². The van der Waals surface area contributed by atoms with E-state index in [0.29, 0.717) is 36.4 Å². The second-order valence-electron chi connectivity index (χ2n) is 11.5. The molecular formula is C32H45F2N7O4. The molecule has 0 spiro atoms. The fraction of sp³-hybridized carbons (Fsp3) is 0.562. The van der Waals surface area contributed by atoms with Crippen LogP contribution >= 0.6 is 0 Å². The van der Waals surface area contributed by atoms with Gasteiger partial charge in [0.05, 0.1) is 11.9 Å². The van der Waals surface area contributed by atoms with E-state index in [0.717, 1.165) is 31.6 Å². The standard InChI is InChI=1S/C20H32N6O2.C12H13F2NO2/c1-5-8-16(9-6-2)26-11-10-25(13-15(26)7-3)18-19(27)22-17(12-21-18)20-24-23-14(4)28-20;1-7-4-5-9(8(2)16)10(6-7)15-11(17)12(3,13)14/h12,15-16H,5-11,13H2,1-4H3,(H,22,27);4-6H,1-3H3,(H,15,17). The molecule has 2 N–H and O–H groups in total. The molecule has 0 saturated carbocycles. The molecule has 11 nitrogen and oxygen atoms in total. The van der Waals surface area contributed by atoms with Crippen molar-refractivity contribution in [1.82, 2.24) is 25.1 Å². The van der Waals surface area contributed by atoms with Crippen LogP contribution in [-0.4, -0.2) is 74.4 Å². The third-order valence-electron chi connectivity index (χ3n) is 7.74. The summed E-state index contributed by atoms with van der Waals surface area (Å²) >= 11 is 0. The summed E-state index contributed by atoms with van der Waals surface area (Å²) in [6.07, 6.45) is 7.56. The molecule has 1 fully saturated rings. The molecule has 1 saturated heterocycles. The maximum absolute atomic E-state index is 12.7. The minimum atomic E-state index is -3.47. The van der Waals surface area contributed by atoms with Gasteiger partial charge in [-0.25, -0.2) is 4.98 Å². The van der Waals surface area contributed by atoms with Crippen LogP contribution in [0.4, 0.5) is 20.3 Å². The van der Waals surface area contributed by atoms with Gasteiger partial charge < -0.3 is 19.6 Å². The van der Waals surface area contributed by atoms with Gasteiger partial charge in [-0.2, -0.15) is 8.78 Å². The Balaban J connectivity index is 0.000000279. The molecule has 1 amide bonds. The van der Waals surface area contributed by atoms with Crippen LogP contribution in [0.3, 0.4) is 0 Å². The maximum atomic E-state index is 12.7. The van der Waals surface area contributed by atoms with E-state index in [9.17, 15) is 23.2 Å². The molecule has 13 heteroatoms. The number of carbonyl (C=O) groups is 2. The Hall–Kier alpha value is -4.00. The van der Waals surface area contributed by atoms with E-state index in [1.54, 1.807) is 26.1 Å². The highest BCUT2D eigenvalue weighted by molar-refractivity contribution is 6.05. The van der Waals surface area contributed by atoms with Gasteiger partial charge in [0.2, 0.25) is 5.89 Å². The maximum Gasteiger partial charge on any atom is 0.322 e. The van der Waals surface area contributed by atoms with Crippen molar-refractivity contribution in [1.29, 1.82) is 0 Å². The van der Waals surface area contributed by atoms with Gasteiger partial charge in [-0.3, -0.25) is 19.3 Å². The Morgan fingerprint density at radius 2 is 1.82 bits per heavy atom. The Morgan fingerprint density at radius 1 is 1.13 bits per heavy atom. The molecule has 45 heavy (non-hydrogen) atoms. The SMILES string of the molecule is CC(=O)c1ccc(C)cc1NC(=O)C(C)(F)F.CCCC(CCC)N1CCN(c2ncc(-c3nnc(C)o3)[nH]c2=O)CC1CC. The average Bonchev–Trinajstić information content (AvgIpc) is 3.42. The lowest BCUT2D eigenvalue weighted by Gasteiger charge is -2.45. The minimum Gasteiger partial charge on any atom is -0.420 e.